The molecule has 2 aromatic heterocycles. The zero-order chi connectivity index (χ0) is 15.0. The molecule has 3 heterocycles. The van der Waals surface area contributed by atoms with Gasteiger partial charge in [0, 0.05) is 24.8 Å². The summed E-state index contributed by atoms with van der Waals surface area (Å²) < 4.78 is 34.7. The van der Waals surface area contributed by atoms with Crippen molar-refractivity contribution in [3.05, 3.63) is 29.5 Å². The van der Waals surface area contributed by atoms with E-state index in [1.807, 2.05) is 6.92 Å². The highest BCUT2D eigenvalue weighted by molar-refractivity contribution is 7.89. The minimum Gasteiger partial charge on any atom is -0.381 e. The first-order valence-electron chi connectivity index (χ1n) is 6.72. The maximum Gasteiger partial charge on any atom is 0.260 e. The molecule has 0 aliphatic carbocycles. The summed E-state index contributed by atoms with van der Waals surface area (Å²) >= 11 is 6.02. The van der Waals surface area contributed by atoms with Gasteiger partial charge in [-0.2, -0.15) is 0 Å². The van der Waals surface area contributed by atoms with Gasteiger partial charge in [0.15, 0.2) is 10.2 Å². The molecule has 8 heteroatoms. The van der Waals surface area contributed by atoms with Crippen LogP contribution in [0.3, 0.4) is 0 Å². The van der Waals surface area contributed by atoms with Crippen molar-refractivity contribution >= 4 is 27.3 Å². The van der Waals surface area contributed by atoms with Gasteiger partial charge in [-0.05, 0) is 25.5 Å². The molecule has 1 saturated heterocycles. The smallest absolute Gasteiger partial charge is 0.260 e. The fourth-order valence-corrected chi connectivity index (χ4v) is 4.49. The summed E-state index contributed by atoms with van der Waals surface area (Å²) in [5.74, 6) is 0.178. The largest absolute Gasteiger partial charge is 0.381 e. The molecule has 1 aliphatic rings. The molecular formula is C13H16ClN3O3S. The minimum absolute atomic E-state index is 0.0227. The molecule has 2 unspecified atom stereocenters. The van der Waals surface area contributed by atoms with Crippen LogP contribution in [0.5, 0.6) is 0 Å². The van der Waals surface area contributed by atoms with E-state index in [0.717, 1.165) is 6.42 Å². The summed E-state index contributed by atoms with van der Waals surface area (Å²) in [5, 5.41) is -0.0471. The van der Waals surface area contributed by atoms with Crippen molar-refractivity contribution in [2.24, 2.45) is 5.92 Å². The summed E-state index contributed by atoms with van der Waals surface area (Å²) in [6.45, 7) is 3.09. The van der Waals surface area contributed by atoms with E-state index in [0.29, 0.717) is 18.9 Å². The van der Waals surface area contributed by atoms with Crippen LogP contribution in [-0.4, -0.2) is 37.1 Å². The molecule has 6 nitrogen and oxygen atoms in total. The Morgan fingerprint density at radius 3 is 3.05 bits per heavy atom. The SMILES string of the molecule is CC(NS(=O)(=O)c1c(Cl)nc2ccccn12)C1CCOC1. The van der Waals surface area contributed by atoms with Gasteiger partial charge in [-0.3, -0.25) is 4.40 Å². The average Bonchev–Trinajstić information content (AvgIpc) is 3.04. The zero-order valence-corrected chi connectivity index (χ0v) is 13.1. The summed E-state index contributed by atoms with van der Waals surface area (Å²) in [6, 6.07) is 5.00. The third-order valence-corrected chi connectivity index (χ3v) is 5.67. The van der Waals surface area contributed by atoms with Gasteiger partial charge in [0.25, 0.3) is 10.0 Å². The predicted molar refractivity (Wildman–Crippen MR) is 78.9 cm³/mol. The highest BCUT2D eigenvalue weighted by Crippen LogP contribution is 2.24. The second-order valence-corrected chi connectivity index (χ2v) is 7.16. The van der Waals surface area contributed by atoms with Crippen molar-refractivity contribution in [3.63, 3.8) is 0 Å². The van der Waals surface area contributed by atoms with E-state index in [1.165, 1.54) is 4.40 Å². The van der Waals surface area contributed by atoms with Gasteiger partial charge >= 0.3 is 0 Å². The molecule has 0 radical (unpaired) electrons. The first-order chi connectivity index (χ1) is 9.99. The number of hydrogen-bond acceptors (Lipinski definition) is 4. The number of fused-ring (bicyclic) bond motifs is 1. The van der Waals surface area contributed by atoms with Crippen molar-refractivity contribution in [3.8, 4) is 0 Å². The van der Waals surface area contributed by atoms with E-state index in [4.69, 9.17) is 16.3 Å². The minimum atomic E-state index is -3.75. The lowest BCUT2D eigenvalue weighted by atomic mass is 10.0. The lowest BCUT2D eigenvalue weighted by Gasteiger charge is -2.19. The number of sulfonamides is 1. The Morgan fingerprint density at radius 1 is 1.52 bits per heavy atom. The number of nitrogens with zero attached hydrogens (tertiary/aromatic N) is 2. The number of pyridine rings is 1. The highest BCUT2D eigenvalue weighted by atomic mass is 35.5. The average molecular weight is 330 g/mol. The van der Waals surface area contributed by atoms with Crippen molar-refractivity contribution in [1.29, 1.82) is 0 Å². The molecule has 0 bridgehead atoms. The predicted octanol–water partition coefficient (Wildman–Crippen LogP) is 1.69. The maximum atomic E-state index is 12.6. The zero-order valence-electron chi connectivity index (χ0n) is 11.5. The van der Waals surface area contributed by atoms with Crippen LogP contribution in [0.15, 0.2) is 29.4 Å². The lowest BCUT2D eigenvalue weighted by Crippen LogP contribution is -2.38. The van der Waals surface area contributed by atoms with E-state index in [2.05, 4.69) is 9.71 Å². The van der Waals surface area contributed by atoms with Gasteiger partial charge in [0.1, 0.15) is 5.65 Å². The van der Waals surface area contributed by atoms with Gasteiger partial charge in [-0.1, -0.05) is 17.7 Å². The number of aromatic nitrogens is 2. The van der Waals surface area contributed by atoms with Crippen LogP contribution < -0.4 is 4.72 Å². The van der Waals surface area contributed by atoms with Gasteiger partial charge in [-0.25, -0.2) is 18.1 Å². The number of rotatable bonds is 4. The van der Waals surface area contributed by atoms with E-state index in [-0.39, 0.29) is 22.1 Å². The highest BCUT2D eigenvalue weighted by Gasteiger charge is 2.30. The summed E-state index contributed by atoms with van der Waals surface area (Å²) in [5.41, 5.74) is 0.500. The number of nitrogens with one attached hydrogen (secondary N) is 1. The van der Waals surface area contributed by atoms with Crippen LogP contribution in [-0.2, 0) is 14.8 Å². The Hall–Kier alpha value is -1.15. The molecule has 0 amide bonds. The molecule has 3 rings (SSSR count). The molecule has 0 saturated carbocycles. The second kappa shape index (κ2) is 5.57. The Bertz CT molecular complexity index is 753. The van der Waals surface area contributed by atoms with Crippen LogP contribution in [0.1, 0.15) is 13.3 Å². The first-order valence-corrected chi connectivity index (χ1v) is 8.58. The standard InChI is InChI=1S/C13H16ClN3O3S/c1-9(10-5-7-20-8-10)16-21(18,19)13-12(14)15-11-4-2-3-6-17(11)13/h2-4,6,9-10,16H,5,7-8H2,1H3. The van der Waals surface area contributed by atoms with Gasteiger partial charge < -0.3 is 4.74 Å². The summed E-state index contributed by atoms with van der Waals surface area (Å²) in [7, 11) is -3.75. The van der Waals surface area contributed by atoms with Gasteiger partial charge in [0.2, 0.25) is 0 Å². The molecule has 1 N–H and O–H groups in total. The molecular weight excluding hydrogens is 314 g/mol. The number of hydrogen-bond donors (Lipinski definition) is 1. The molecule has 0 aromatic carbocycles. The topological polar surface area (TPSA) is 72.7 Å². The normalized spacial score (nSPS) is 21.0. The Kier molecular flexibility index (Phi) is 3.92. The van der Waals surface area contributed by atoms with Crippen molar-refractivity contribution < 1.29 is 13.2 Å². The number of halogens is 1. The van der Waals surface area contributed by atoms with Crippen molar-refractivity contribution in [2.75, 3.05) is 13.2 Å². The fourth-order valence-electron chi connectivity index (χ4n) is 2.53. The summed E-state index contributed by atoms with van der Waals surface area (Å²) in [4.78, 5) is 4.07. The molecule has 2 aromatic rings. The van der Waals surface area contributed by atoms with E-state index in [1.54, 1.807) is 24.4 Å². The molecule has 2 atom stereocenters. The van der Waals surface area contributed by atoms with Crippen LogP contribution in [0.25, 0.3) is 5.65 Å². The number of imidazole rings is 1. The Balaban J connectivity index is 1.94. The molecule has 21 heavy (non-hydrogen) atoms. The molecule has 0 spiro atoms. The third-order valence-electron chi connectivity index (χ3n) is 3.71. The van der Waals surface area contributed by atoms with Crippen molar-refractivity contribution in [2.45, 2.75) is 24.4 Å². The van der Waals surface area contributed by atoms with Crippen LogP contribution in [0, 0.1) is 5.92 Å². The van der Waals surface area contributed by atoms with Gasteiger partial charge in [0.05, 0.1) is 6.61 Å². The first kappa shape index (κ1) is 14.8. The Labute approximate surface area is 128 Å². The summed E-state index contributed by atoms with van der Waals surface area (Å²) in [6.07, 6.45) is 2.48. The third kappa shape index (κ3) is 2.78. The van der Waals surface area contributed by atoms with Crippen molar-refractivity contribution in [1.82, 2.24) is 14.1 Å². The quantitative estimate of drug-likeness (QED) is 0.926. The van der Waals surface area contributed by atoms with Crippen LogP contribution in [0.4, 0.5) is 0 Å². The lowest BCUT2D eigenvalue weighted by molar-refractivity contribution is 0.180. The van der Waals surface area contributed by atoms with Crippen LogP contribution >= 0.6 is 11.6 Å². The van der Waals surface area contributed by atoms with E-state index >= 15 is 0 Å². The molecule has 1 fully saturated rings. The molecule has 114 valence electrons. The molecule has 1 aliphatic heterocycles. The van der Waals surface area contributed by atoms with E-state index < -0.39 is 10.0 Å². The van der Waals surface area contributed by atoms with Crippen LogP contribution in [0.2, 0.25) is 5.15 Å². The fraction of sp³-hybridized carbons (Fsp3) is 0.462. The number of ether oxygens (including phenoxy) is 1. The van der Waals surface area contributed by atoms with Gasteiger partial charge in [-0.15, -0.1) is 0 Å². The monoisotopic (exact) mass is 329 g/mol. The Morgan fingerprint density at radius 2 is 2.33 bits per heavy atom. The second-order valence-electron chi connectivity index (χ2n) is 5.17. The van der Waals surface area contributed by atoms with E-state index in [9.17, 15) is 8.42 Å². The maximum absolute atomic E-state index is 12.6.